The molecule has 1 fully saturated rings. The topological polar surface area (TPSA) is 66.1 Å². The Morgan fingerprint density at radius 3 is 2.41 bits per heavy atom. The Bertz CT molecular complexity index is 1500. The fourth-order valence-electron chi connectivity index (χ4n) is 5.49. The van der Waals surface area contributed by atoms with Crippen LogP contribution in [-0.4, -0.2) is 32.2 Å². The number of carbonyl (C=O) groups is 1. The lowest BCUT2D eigenvalue weighted by molar-refractivity contribution is 0.0996. The zero-order valence-electron chi connectivity index (χ0n) is 21.6. The van der Waals surface area contributed by atoms with Crippen LogP contribution in [0.25, 0.3) is 0 Å². The smallest absolute Gasteiger partial charge is 0.258 e. The van der Waals surface area contributed by atoms with Crippen LogP contribution in [0.5, 0.6) is 5.75 Å². The van der Waals surface area contributed by atoms with Gasteiger partial charge in [0.1, 0.15) is 18.5 Å². The fourth-order valence-corrected chi connectivity index (χ4v) is 5.49. The molecule has 0 aromatic heterocycles. The highest BCUT2D eigenvalue weighted by atomic mass is 16.5. The molecule has 39 heavy (non-hydrogen) atoms. The number of ether oxygens (including phenoxy) is 2. The van der Waals surface area contributed by atoms with Gasteiger partial charge in [-0.15, -0.1) is 0 Å². The normalized spacial score (nSPS) is 17.8. The first-order valence-electron chi connectivity index (χ1n) is 13.4. The molecule has 7 heteroatoms. The van der Waals surface area contributed by atoms with Gasteiger partial charge in [0.15, 0.2) is 0 Å². The SMILES string of the molecule is O=C1c2ccc(N3CCOCC3)cc2CN1c1ccc2c(c1)NC(c1ccc(OCc3ccccc3)cc1)N2. The van der Waals surface area contributed by atoms with Crippen molar-refractivity contribution in [2.24, 2.45) is 0 Å². The predicted molar refractivity (Wildman–Crippen MR) is 154 cm³/mol. The molecular weight excluding hydrogens is 488 g/mol. The Morgan fingerprint density at radius 1 is 0.821 bits per heavy atom. The molecule has 0 saturated carbocycles. The zero-order chi connectivity index (χ0) is 26.2. The van der Waals surface area contributed by atoms with Crippen LogP contribution in [0.1, 0.15) is 33.2 Å². The highest BCUT2D eigenvalue weighted by Crippen LogP contribution is 2.40. The minimum absolute atomic E-state index is 0.0482. The molecule has 4 aromatic rings. The number of morpholine rings is 1. The second-order valence-corrected chi connectivity index (χ2v) is 10.1. The number of nitrogens with zero attached hydrogens (tertiary/aromatic N) is 2. The van der Waals surface area contributed by atoms with Crippen LogP contribution in [0.15, 0.2) is 91.0 Å². The number of nitrogens with one attached hydrogen (secondary N) is 2. The maximum absolute atomic E-state index is 13.3. The van der Waals surface area contributed by atoms with Gasteiger partial charge in [-0.1, -0.05) is 42.5 Å². The molecule has 1 saturated heterocycles. The van der Waals surface area contributed by atoms with Gasteiger partial charge < -0.3 is 29.9 Å². The summed E-state index contributed by atoms with van der Waals surface area (Å²) in [7, 11) is 0. The molecule has 2 N–H and O–H groups in total. The summed E-state index contributed by atoms with van der Waals surface area (Å²) in [5.41, 5.74) is 8.16. The molecule has 0 radical (unpaired) electrons. The molecule has 0 bridgehead atoms. The molecule has 3 heterocycles. The van der Waals surface area contributed by atoms with E-state index in [9.17, 15) is 4.79 Å². The van der Waals surface area contributed by atoms with Gasteiger partial charge in [-0.2, -0.15) is 0 Å². The van der Waals surface area contributed by atoms with E-state index in [1.165, 1.54) is 0 Å². The molecule has 1 atom stereocenters. The Labute approximate surface area is 228 Å². The molecule has 4 aromatic carbocycles. The Kier molecular flexibility index (Phi) is 6.06. The average Bonchev–Trinajstić information content (AvgIpc) is 3.57. The van der Waals surface area contributed by atoms with Crippen LogP contribution in [-0.2, 0) is 17.9 Å². The lowest BCUT2D eigenvalue weighted by atomic mass is 10.1. The van der Waals surface area contributed by atoms with Crippen LogP contribution in [0.3, 0.4) is 0 Å². The Morgan fingerprint density at radius 2 is 1.59 bits per heavy atom. The minimum Gasteiger partial charge on any atom is -0.489 e. The summed E-state index contributed by atoms with van der Waals surface area (Å²) in [5, 5.41) is 7.12. The van der Waals surface area contributed by atoms with Crippen LogP contribution in [0.2, 0.25) is 0 Å². The van der Waals surface area contributed by atoms with Crippen LogP contribution >= 0.6 is 0 Å². The molecule has 0 aliphatic carbocycles. The fraction of sp³-hybridized carbons (Fsp3) is 0.219. The molecular formula is C32H30N4O3. The predicted octanol–water partition coefficient (Wildman–Crippen LogP) is 5.80. The third-order valence-electron chi connectivity index (χ3n) is 7.65. The summed E-state index contributed by atoms with van der Waals surface area (Å²) < 4.78 is 11.4. The number of amides is 1. The summed E-state index contributed by atoms with van der Waals surface area (Å²) in [5.74, 6) is 0.886. The van der Waals surface area contributed by atoms with Gasteiger partial charge >= 0.3 is 0 Å². The van der Waals surface area contributed by atoms with Crippen molar-refractivity contribution in [2.45, 2.75) is 19.3 Å². The average molecular weight is 519 g/mol. The van der Waals surface area contributed by atoms with Gasteiger partial charge in [0.2, 0.25) is 0 Å². The van der Waals surface area contributed by atoms with E-state index in [0.29, 0.717) is 13.2 Å². The molecule has 3 aliphatic rings. The summed E-state index contributed by atoms with van der Waals surface area (Å²) >= 11 is 0. The summed E-state index contributed by atoms with van der Waals surface area (Å²) in [6.07, 6.45) is -0.0546. The summed E-state index contributed by atoms with van der Waals surface area (Å²) in [4.78, 5) is 17.5. The van der Waals surface area contributed by atoms with E-state index in [0.717, 1.165) is 77.1 Å². The molecule has 3 aliphatic heterocycles. The number of hydrogen-bond acceptors (Lipinski definition) is 6. The summed E-state index contributed by atoms with van der Waals surface area (Å²) in [6.45, 7) is 4.36. The molecule has 196 valence electrons. The maximum Gasteiger partial charge on any atom is 0.258 e. The van der Waals surface area contributed by atoms with E-state index in [2.05, 4.69) is 58.0 Å². The monoisotopic (exact) mass is 518 g/mol. The van der Waals surface area contributed by atoms with E-state index in [-0.39, 0.29) is 12.1 Å². The lowest BCUT2D eigenvalue weighted by Gasteiger charge is -2.29. The van der Waals surface area contributed by atoms with Crippen molar-refractivity contribution < 1.29 is 14.3 Å². The quantitative estimate of drug-likeness (QED) is 0.336. The first-order chi connectivity index (χ1) is 19.2. The Balaban J connectivity index is 1.02. The number of rotatable bonds is 6. The number of anilines is 4. The minimum atomic E-state index is -0.0546. The Hall–Kier alpha value is -4.49. The number of benzene rings is 4. The van der Waals surface area contributed by atoms with Crippen molar-refractivity contribution in [3.05, 3.63) is 113 Å². The highest BCUT2D eigenvalue weighted by molar-refractivity contribution is 6.10. The number of hydrogen-bond donors (Lipinski definition) is 2. The van der Waals surface area contributed by atoms with Gasteiger partial charge in [-0.05, 0) is 65.2 Å². The van der Waals surface area contributed by atoms with Crippen molar-refractivity contribution in [1.29, 1.82) is 0 Å². The van der Waals surface area contributed by atoms with Crippen LogP contribution < -0.4 is 25.2 Å². The van der Waals surface area contributed by atoms with Crippen LogP contribution in [0, 0.1) is 0 Å². The molecule has 7 nitrogen and oxygen atoms in total. The third kappa shape index (κ3) is 4.66. The highest BCUT2D eigenvalue weighted by Gasteiger charge is 2.31. The van der Waals surface area contributed by atoms with E-state index in [1.54, 1.807) is 0 Å². The van der Waals surface area contributed by atoms with E-state index < -0.39 is 0 Å². The van der Waals surface area contributed by atoms with E-state index in [4.69, 9.17) is 9.47 Å². The van der Waals surface area contributed by atoms with Gasteiger partial charge in [0.05, 0.1) is 31.1 Å². The first-order valence-corrected chi connectivity index (χ1v) is 13.4. The zero-order valence-corrected chi connectivity index (χ0v) is 21.6. The van der Waals surface area contributed by atoms with Gasteiger partial charge in [0.25, 0.3) is 5.91 Å². The number of fused-ring (bicyclic) bond motifs is 2. The molecule has 1 unspecified atom stereocenters. The second-order valence-electron chi connectivity index (χ2n) is 10.1. The van der Waals surface area contributed by atoms with Crippen molar-refractivity contribution in [3.63, 3.8) is 0 Å². The van der Waals surface area contributed by atoms with Gasteiger partial charge in [-0.3, -0.25) is 4.79 Å². The summed E-state index contributed by atoms with van der Waals surface area (Å²) in [6, 6.07) is 30.6. The van der Waals surface area contributed by atoms with E-state index in [1.807, 2.05) is 53.4 Å². The van der Waals surface area contributed by atoms with Gasteiger partial charge in [0, 0.05) is 30.0 Å². The molecule has 0 spiro atoms. The molecule has 1 amide bonds. The third-order valence-corrected chi connectivity index (χ3v) is 7.65. The van der Waals surface area contributed by atoms with Crippen molar-refractivity contribution >= 4 is 28.7 Å². The second kappa shape index (κ2) is 10.0. The van der Waals surface area contributed by atoms with Gasteiger partial charge in [-0.25, -0.2) is 0 Å². The molecule has 7 rings (SSSR count). The lowest BCUT2D eigenvalue weighted by Crippen LogP contribution is -2.36. The van der Waals surface area contributed by atoms with Crippen molar-refractivity contribution in [3.8, 4) is 5.75 Å². The first kappa shape index (κ1) is 23.6. The standard InChI is InChI=1S/C32H30N4O3/c37-32-28-12-8-25(35-14-16-38-17-15-35)18-24(28)20-36(32)26-9-13-29-30(19-26)34-31(33-29)23-6-10-27(11-7-23)39-21-22-4-2-1-3-5-22/h1-13,18-19,31,33-34H,14-17,20-21H2. The van der Waals surface area contributed by atoms with Crippen LogP contribution in [0.4, 0.5) is 22.7 Å². The maximum atomic E-state index is 13.3. The largest absolute Gasteiger partial charge is 0.489 e. The van der Waals surface area contributed by atoms with Crippen molar-refractivity contribution in [2.75, 3.05) is 46.7 Å². The number of carbonyl (C=O) groups excluding carboxylic acids is 1. The van der Waals surface area contributed by atoms with Crippen molar-refractivity contribution in [1.82, 2.24) is 0 Å². The van der Waals surface area contributed by atoms with E-state index >= 15 is 0 Å².